The highest BCUT2D eigenvalue weighted by Gasteiger charge is 2.12. The molecule has 0 fully saturated rings. The molecule has 0 atom stereocenters. The average molecular weight is 239 g/mol. The fraction of sp³-hybridized carbons (Fsp3) is 0.294. The van der Waals surface area contributed by atoms with Crippen molar-refractivity contribution in [2.75, 3.05) is 4.90 Å². The van der Waals surface area contributed by atoms with Crippen LogP contribution >= 0.6 is 0 Å². The molecule has 0 aliphatic carbocycles. The Morgan fingerprint density at radius 3 is 2.00 bits per heavy atom. The van der Waals surface area contributed by atoms with Crippen molar-refractivity contribution < 1.29 is 0 Å². The second kappa shape index (κ2) is 5.26. The number of aryl methyl sites for hydroxylation is 2. The third kappa shape index (κ3) is 2.73. The van der Waals surface area contributed by atoms with Gasteiger partial charge in [-0.25, -0.2) is 0 Å². The fourth-order valence-corrected chi connectivity index (χ4v) is 2.23. The summed E-state index contributed by atoms with van der Waals surface area (Å²) in [5, 5.41) is 0. The Hall–Kier alpha value is -1.76. The van der Waals surface area contributed by atoms with Crippen LogP contribution in [-0.4, -0.2) is 6.04 Å². The molecular weight excluding hydrogens is 218 g/mol. The van der Waals surface area contributed by atoms with Crippen LogP contribution in [0.3, 0.4) is 0 Å². The summed E-state index contributed by atoms with van der Waals surface area (Å²) in [5.74, 6) is 0. The Bertz CT molecular complexity index is 511. The molecule has 0 spiro atoms. The van der Waals surface area contributed by atoms with E-state index in [9.17, 15) is 0 Å². The first-order chi connectivity index (χ1) is 8.58. The van der Waals surface area contributed by atoms with Crippen molar-refractivity contribution in [3.63, 3.8) is 0 Å². The van der Waals surface area contributed by atoms with Gasteiger partial charge in [-0.15, -0.1) is 0 Å². The van der Waals surface area contributed by atoms with E-state index in [4.69, 9.17) is 0 Å². The van der Waals surface area contributed by atoms with E-state index in [2.05, 4.69) is 81.1 Å². The molecule has 0 saturated heterocycles. The summed E-state index contributed by atoms with van der Waals surface area (Å²) < 4.78 is 0. The van der Waals surface area contributed by atoms with E-state index in [0.29, 0.717) is 6.04 Å². The van der Waals surface area contributed by atoms with Gasteiger partial charge in [0.15, 0.2) is 0 Å². The molecule has 0 unspecified atom stereocenters. The molecule has 0 saturated carbocycles. The highest BCUT2D eigenvalue weighted by atomic mass is 15.2. The quantitative estimate of drug-likeness (QED) is 0.740. The number of nitrogens with zero attached hydrogens (tertiary/aromatic N) is 1. The summed E-state index contributed by atoms with van der Waals surface area (Å²) >= 11 is 0. The normalized spacial score (nSPS) is 10.7. The van der Waals surface area contributed by atoms with Crippen LogP contribution in [0.15, 0.2) is 48.5 Å². The standard InChI is InChI=1S/C17H21N/c1-13(2)18(16-10-8-14(3)9-11-16)17-7-5-6-15(4)12-17/h5-13H,1-4H3. The van der Waals surface area contributed by atoms with Crippen LogP contribution in [0.4, 0.5) is 11.4 Å². The highest BCUT2D eigenvalue weighted by Crippen LogP contribution is 2.28. The third-order valence-electron chi connectivity index (χ3n) is 3.11. The fourth-order valence-electron chi connectivity index (χ4n) is 2.23. The Kier molecular flexibility index (Phi) is 3.71. The monoisotopic (exact) mass is 239 g/mol. The molecule has 0 N–H and O–H groups in total. The first kappa shape index (κ1) is 12.7. The Morgan fingerprint density at radius 1 is 0.778 bits per heavy atom. The molecule has 0 aliphatic rings. The number of rotatable bonds is 3. The van der Waals surface area contributed by atoms with Crippen molar-refractivity contribution in [3.8, 4) is 0 Å². The van der Waals surface area contributed by atoms with Crippen LogP contribution in [0.25, 0.3) is 0 Å². The minimum Gasteiger partial charge on any atom is -0.339 e. The SMILES string of the molecule is Cc1ccc(N(c2cccc(C)c2)C(C)C)cc1. The van der Waals surface area contributed by atoms with E-state index in [-0.39, 0.29) is 0 Å². The molecule has 94 valence electrons. The zero-order valence-corrected chi connectivity index (χ0v) is 11.6. The molecule has 0 aromatic heterocycles. The maximum absolute atomic E-state index is 2.37. The van der Waals surface area contributed by atoms with Gasteiger partial charge in [-0.2, -0.15) is 0 Å². The van der Waals surface area contributed by atoms with Crippen LogP contribution in [0, 0.1) is 13.8 Å². The zero-order valence-electron chi connectivity index (χ0n) is 11.6. The second-order valence-electron chi connectivity index (χ2n) is 5.14. The smallest absolute Gasteiger partial charge is 0.0415 e. The third-order valence-corrected chi connectivity index (χ3v) is 3.11. The molecule has 2 aromatic rings. The van der Waals surface area contributed by atoms with Gasteiger partial charge in [-0.05, 0) is 57.5 Å². The van der Waals surface area contributed by atoms with Crippen molar-refractivity contribution in [1.29, 1.82) is 0 Å². The highest BCUT2D eigenvalue weighted by molar-refractivity contribution is 5.64. The van der Waals surface area contributed by atoms with Crippen LogP contribution in [0.1, 0.15) is 25.0 Å². The summed E-state index contributed by atoms with van der Waals surface area (Å²) in [6, 6.07) is 17.8. The number of benzene rings is 2. The van der Waals surface area contributed by atoms with E-state index in [1.54, 1.807) is 0 Å². The minimum absolute atomic E-state index is 0.439. The summed E-state index contributed by atoms with van der Waals surface area (Å²) in [7, 11) is 0. The molecule has 0 amide bonds. The number of hydrogen-bond acceptors (Lipinski definition) is 1. The van der Waals surface area contributed by atoms with Gasteiger partial charge in [0, 0.05) is 17.4 Å². The lowest BCUT2D eigenvalue weighted by molar-refractivity contribution is 0.788. The molecule has 0 bridgehead atoms. The van der Waals surface area contributed by atoms with Crippen LogP contribution in [-0.2, 0) is 0 Å². The van der Waals surface area contributed by atoms with Gasteiger partial charge in [0.2, 0.25) is 0 Å². The number of hydrogen-bond donors (Lipinski definition) is 0. The predicted molar refractivity (Wildman–Crippen MR) is 79.6 cm³/mol. The maximum Gasteiger partial charge on any atom is 0.0415 e. The first-order valence-corrected chi connectivity index (χ1v) is 6.50. The van der Waals surface area contributed by atoms with Gasteiger partial charge in [0.05, 0.1) is 0 Å². The topological polar surface area (TPSA) is 3.24 Å². The zero-order chi connectivity index (χ0) is 13.1. The maximum atomic E-state index is 2.37. The lowest BCUT2D eigenvalue weighted by Gasteiger charge is -2.29. The van der Waals surface area contributed by atoms with Crippen molar-refractivity contribution in [2.24, 2.45) is 0 Å². The molecular formula is C17H21N. The molecule has 0 heterocycles. The largest absolute Gasteiger partial charge is 0.339 e. The van der Waals surface area contributed by atoms with Gasteiger partial charge in [-0.3, -0.25) is 0 Å². The van der Waals surface area contributed by atoms with Gasteiger partial charge >= 0.3 is 0 Å². The molecule has 1 heteroatoms. The van der Waals surface area contributed by atoms with E-state index in [1.165, 1.54) is 22.5 Å². The average Bonchev–Trinajstić information content (AvgIpc) is 2.32. The Morgan fingerprint density at radius 2 is 1.44 bits per heavy atom. The number of anilines is 2. The lowest BCUT2D eigenvalue weighted by Crippen LogP contribution is -2.25. The van der Waals surface area contributed by atoms with E-state index in [1.807, 2.05) is 0 Å². The van der Waals surface area contributed by atoms with Crippen LogP contribution in [0.5, 0.6) is 0 Å². The predicted octanol–water partition coefficient (Wildman–Crippen LogP) is 4.85. The van der Waals surface area contributed by atoms with Crippen molar-refractivity contribution in [1.82, 2.24) is 0 Å². The summed E-state index contributed by atoms with van der Waals surface area (Å²) in [6.45, 7) is 8.71. The van der Waals surface area contributed by atoms with Gasteiger partial charge in [-0.1, -0.05) is 29.8 Å². The molecule has 2 aromatic carbocycles. The van der Waals surface area contributed by atoms with Gasteiger partial charge in [0.25, 0.3) is 0 Å². The molecule has 0 radical (unpaired) electrons. The summed E-state index contributed by atoms with van der Waals surface area (Å²) in [6.07, 6.45) is 0. The van der Waals surface area contributed by atoms with Crippen molar-refractivity contribution in [2.45, 2.75) is 33.7 Å². The second-order valence-corrected chi connectivity index (χ2v) is 5.14. The summed E-state index contributed by atoms with van der Waals surface area (Å²) in [4.78, 5) is 2.37. The minimum atomic E-state index is 0.439. The van der Waals surface area contributed by atoms with Gasteiger partial charge < -0.3 is 4.90 Å². The van der Waals surface area contributed by atoms with Crippen molar-refractivity contribution in [3.05, 3.63) is 59.7 Å². The summed E-state index contributed by atoms with van der Waals surface area (Å²) in [5.41, 5.74) is 5.10. The molecule has 2 rings (SSSR count). The van der Waals surface area contributed by atoms with Crippen LogP contribution in [0.2, 0.25) is 0 Å². The lowest BCUT2D eigenvalue weighted by atomic mass is 10.1. The Labute approximate surface area is 110 Å². The Balaban J connectivity index is 2.43. The van der Waals surface area contributed by atoms with E-state index in [0.717, 1.165) is 0 Å². The van der Waals surface area contributed by atoms with Crippen molar-refractivity contribution >= 4 is 11.4 Å². The molecule has 0 aliphatic heterocycles. The van der Waals surface area contributed by atoms with Crippen LogP contribution < -0.4 is 4.90 Å². The van der Waals surface area contributed by atoms with Gasteiger partial charge in [0.1, 0.15) is 0 Å². The van der Waals surface area contributed by atoms with E-state index < -0.39 is 0 Å². The molecule has 18 heavy (non-hydrogen) atoms. The molecule has 1 nitrogen and oxygen atoms in total. The van der Waals surface area contributed by atoms with E-state index >= 15 is 0 Å². The first-order valence-electron chi connectivity index (χ1n) is 6.50.